The van der Waals surface area contributed by atoms with Crippen molar-refractivity contribution in [3.63, 3.8) is 0 Å². The Hall–Kier alpha value is -1.65. The van der Waals surface area contributed by atoms with Crippen LogP contribution in [0.5, 0.6) is 0 Å². The Bertz CT molecular complexity index is 693. The predicted octanol–water partition coefficient (Wildman–Crippen LogP) is 3.10. The van der Waals surface area contributed by atoms with Crippen LogP contribution in [0.1, 0.15) is 0 Å². The number of halogens is 2. The molecule has 3 heterocycles. The van der Waals surface area contributed by atoms with Crippen LogP contribution in [0.4, 0.5) is 0 Å². The summed E-state index contributed by atoms with van der Waals surface area (Å²) in [7, 11) is 0. The van der Waals surface area contributed by atoms with Crippen LogP contribution in [0.15, 0.2) is 36.8 Å². The number of nitrogens with zero attached hydrogens (tertiary/aromatic N) is 4. The third-order valence-corrected chi connectivity index (χ3v) is 2.76. The number of imidazole rings is 1. The van der Waals surface area contributed by atoms with E-state index < -0.39 is 0 Å². The van der Waals surface area contributed by atoms with E-state index >= 15 is 0 Å². The van der Waals surface area contributed by atoms with Gasteiger partial charge in [-0.15, -0.1) is 0 Å². The average molecular weight is 265 g/mol. The van der Waals surface area contributed by atoms with Gasteiger partial charge in [-0.3, -0.25) is 4.40 Å². The Labute approximate surface area is 107 Å². The molecule has 0 saturated carbocycles. The second kappa shape index (κ2) is 3.98. The predicted molar refractivity (Wildman–Crippen MR) is 66.2 cm³/mol. The number of fused-ring (bicyclic) bond motifs is 1. The summed E-state index contributed by atoms with van der Waals surface area (Å²) >= 11 is 11.7. The molecule has 0 radical (unpaired) electrons. The summed E-state index contributed by atoms with van der Waals surface area (Å²) in [5, 5.41) is 0.844. The van der Waals surface area contributed by atoms with E-state index in [1.165, 1.54) is 0 Å². The van der Waals surface area contributed by atoms with Gasteiger partial charge in [0.1, 0.15) is 5.65 Å². The molecule has 4 nitrogen and oxygen atoms in total. The molecular formula is C11H6Cl2N4. The van der Waals surface area contributed by atoms with Crippen molar-refractivity contribution < 1.29 is 0 Å². The lowest BCUT2D eigenvalue weighted by Crippen LogP contribution is -1.91. The highest BCUT2D eigenvalue weighted by atomic mass is 35.5. The van der Waals surface area contributed by atoms with Gasteiger partial charge in [0.05, 0.1) is 22.6 Å². The van der Waals surface area contributed by atoms with E-state index in [1.807, 2.05) is 10.5 Å². The molecule has 17 heavy (non-hydrogen) atoms. The van der Waals surface area contributed by atoms with Gasteiger partial charge in [-0.2, -0.15) is 0 Å². The van der Waals surface area contributed by atoms with Gasteiger partial charge in [-0.1, -0.05) is 11.6 Å². The maximum absolute atomic E-state index is 5.96. The molecule has 0 N–H and O–H groups in total. The smallest absolute Gasteiger partial charge is 0.222 e. The van der Waals surface area contributed by atoms with Crippen LogP contribution in [-0.2, 0) is 0 Å². The lowest BCUT2D eigenvalue weighted by Gasteiger charge is -2.01. The van der Waals surface area contributed by atoms with Gasteiger partial charge in [0.15, 0.2) is 0 Å². The standard InChI is InChI=1S/C11H6Cl2N4/c12-7-1-2-10-15-5-9(17(10)6-7)8-3-4-14-11(13)16-8/h1-6H. The molecule has 0 atom stereocenters. The first-order valence-electron chi connectivity index (χ1n) is 4.85. The topological polar surface area (TPSA) is 43.1 Å². The van der Waals surface area contributed by atoms with Gasteiger partial charge in [-0.25, -0.2) is 15.0 Å². The molecule has 0 aromatic carbocycles. The van der Waals surface area contributed by atoms with Gasteiger partial charge >= 0.3 is 0 Å². The van der Waals surface area contributed by atoms with Crippen molar-refractivity contribution in [3.05, 3.63) is 47.1 Å². The number of aromatic nitrogens is 4. The van der Waals surface area contributed by atoms with Crippen LogP contribution in [0.3, 0.4) is 0 Å². The molecule has 0 fully saturated rings. The fraction of sp³-hybridized carbons (Fsp3) is 0. The van der Waals surface area contributed by atoms with E-state index in [1.54, 1.807) is 30.7 Å². The average Bonchev–Trinajstić information content (AvgIpc) is 2.71. The number of pyridine rings is 1. The first-order chi connectivity index (χ1) is 8.24. The summed E-state index contributed by atoms with van der Waals surface area (Å²) in [5.41, 5.74) is 2.34. The fourth-order valence-corrected chi connectivity index (χ4v) is 1.93. The second-order valence-corrected chi connectivity index (χ2v) is 4.20. The Kier molecular flexibility index (Phi) is 2.46. The van der Waals surface area contributed by atoms with E-state index in [4.69, 9.17) is 23.2 Å². The van der Waals surface area contributed by atoms with Crippen molar-refractivity contribution in [3.8, 4) is 11.4 Å². The molecule has 0 bridgehead atoms. The van der Waals surface area contributed by atoms with Crippen LogP contribution >= 0.6 is 23.2 Å². The molecule has 3 rings (SSSR count). The van der Waals surface area contributed by atoms with Gasteiger partial charge in [-0.05, 0) is 29.8 Å². The van der Waals surface area contributed by atoms with Crippen LogP contribution < -0.4 is 0 Å². The molecule has 0 saturated heterocycles. The molecule has 0 amide bonds. The Morgan fingerprint density at radius 3 is 2.76 bits per heavy atom. The second-order valence-electron chi connectivity index (χ2n) is 3.43. The molecule has 0 aliphatic carbocycles. The SMILES string of the molecule is Clc1ccc2ncc(-c3ccnc(Cl)n3)n2c1. The zero-order chi connectivity index (χ0) is 11.8. The van der Waals surface area contributed by atoms with E-state index in [9.17, 15) is 0 Å². The Balaban J connectivity index is 2.27. The molecular weight excluding hydrogens is 259 g/mol. The highest BCUT2D eigenvalue weighted by Gasteiger charge is 2.08. The Morgan fingerprint density at radius 2 is 1.94 bits per heavy atom. The van der Waals surface area contributed by atoms with Crippen LogP contribution in [0, 0.1) is 0 Å². The summed E-state index contributed by atoms with van der Waals surface area (Å²) in [5.74, 6) is 0. The van der Waals surface area contributed by atoms with Gasteiger partial charge in [0.2, 0.25) is 5.28 Å². The van der Waals surface area contributed by atoms with E-state index in [0.29, 0.717) is 10.7 Å². The van der Waals surface area contributed by atoms with Crippen LogP contribution in [-0.4, -0.2) is 19.4 Å². The van der Waals surface area contributed by atoms with Gasteiger partial charge < -0.3 is 0 Å². The third-order valence-electron chi connectivity index (χ3n) is 2.36. The molecule has 0 aliphatic rings. The summed E-state index contributed by atoms with van der Waals surface area (Å²) in [6.45, 7) is 0. The number of rotatable bonds is 1. The fourth-order valence-electron chi connectivity index (χ4n) is 1.62. The van der Waals surface area contributed by atoms with Crippen LogP contribution in [0.2, 0.25) is 10.3 Å². The van der Waals surface area contributed by atoms with Gasteiger partial charge in [0.25, 0.3) is 0 Å². The largest absolute Gasteiger partial charge is 0.297 e. The highest BCUT2D eigenvalue weighted by molar-refractivity contribution is 6.30. The van der Waals surface area contributed by atoms with Crippen molar-refractivity contribution in [2.24, 2.45) is 0 Å². The Morgan fingerprint density at radius 1 is 1.06 bits per heavy atom. The summed E-state index contributed by atoms with van der Waals surface area (Å²) in [6.07, 6.45) is 5.12. The van der Waals surface area contributed by atoms with Gasteiger partial charge in [0, 0.05) is 12.4 Å². The van der Waals surface area contributed by atoms with Crippen molar-refractivity contribution in [2.45, 2.75) is 0 Å². The lowest BCUT2D eigenvalue weighted by molar-refractivity contribution is 1.13. The summed E-state index contributed by atoms with van der Waals surface area (Å²) in [6, 6.07) is 5.41. The number of hydrogen-bond acceptors (Lipinski definition) is 3. The van der Waals surface area contributed by atoms with Crippen molar-refractivity contribution in [1.29, 1.82) is 0 Å². The zero-order valence-corrected chi connectivity index (χ0v) is 10.0. The van der Waals surface area contributed by atoms with Crippen molar-refractivity contribution in [1.82, 2.24) is 19.4 Å². The minimum atomic E-state index is 0.208. The maximum atomic E-state index is 5.96. The first kappa shape index (κ1) is 10.5. The quantitative estimate of drug-likeness (QED) is 0.635. The van der Waals surface area contributed by atoms with E-state index in [2.05, 4.69) is 15.0 Å². The highest BCUT2D eigenvalue weighted by Crippen LogP contribution is 2.21. The lowest BCUT2D eigenvalue weighted by atomic mass is 10.3. The molecule has 0 unspecified atom stereocenters. The molecule has 3 aromatic heterocycles. The van der Waals surface area contributed by atoms with Crippen molar-refractivity contribution >= 4 is 28.8 Å². The number of hydrogen-bond donors (Lipinski definition) is 0. The maximum Gasteiger partial charge on any atom is 0.222 e. The molecule has 0 aliphatic heterocycles. The molecule has 0 spiro atoms. The summed E-state index contributed by atoms with van der Waals surface area (Å²) < 4.78 is 1.86. The third kappa shape index (κ3) is 1.85. The normalized spacial score (nSPS) is 10.9. The van der Waals surface area contributed by atoms with E-state index in [0.717, 1.165) is 11.3 Å². The van der Waals surface area contributed by atoms with E-state index in [-0.39, 0.29) is 5.28 Å². The minimum Gasteiger partial charge on any atom is -0.297 e. The molecule has 6 heteroatoms. The molecule has 84 valence electrons. The first-order valence-corrected chi connectivity index (χ1v) is 5.61. The zero-order valence-electron chi connectivity index (χ0n) is 8.51. The monoisotopic (exact) mass is 264 g/mol. The molecule has 3 aromatic rings. The summed E-state index contributed by atoms with van der Waals surface area (Å²) in [4.78, 5) is 12.3. The van der Waals surface area contributed by atoms with Crippen LogP contribution in [0.25, 0.3) is 17.0 Å². The minimum absolute atomic E-state index is 0.208. The van der Waals surface area contributed by atoms with Crippen molar-refractivity contribution in [2.75, 3.05) is 0 Å².